The zero-order valence-electron chi connectivity index (χ0n) is 26.2. The summed E-state index contributed by atoms with van der Waals surface area (Å²) in [7, 11) is 2.12. The summed E-state index contributed by atoms with van der Waals surface area (Å²) in [6.45, 7) is 4.86. The number of anilines is 1. The molecule has 1 aromatic heterocycles. The van der Waals surface area contributed by atoms with Gasteiger partial charge in [0.1, 0.15) is 6.04 Å². The molecule has 4 aromatic rings. The molecule has 0 unspecified atom stereocenters. The van der Waals surface area contributed by atoms with Gasteiger partial charge in [-0.25, -0.2) is 0 Å². The van der Waals surface area contributed by atoms with Crippen molar-refractivity contribution in [1.82, 2.24) is 25.4 Å². The van der Waals surface area contributed by atoms with Gasteiger partial charge in [0.15, 0.2) is 0 Å². The smallest absolute Gasteiger partial charge is 0.245 e. The van der Waals surface area contributed by atoms with Crippen molar-refractivity contribution in [1.29, 1.82) is 0 Å². The Morgan fingerprint density at radius 2 is 1.65 bits per heavy atom. The van der Waals surface area contributed by atoms with Gasteiger partial charge in [-0.15, -0.1) is 0 Å². The molecule has 0 aliphatic carbocycles. The average Bonchev–Trinajstić information content (AvgIpc) is 3.09. The van der Waals surface area contributed by atoms with E-state index in [0.717, 1.165) is 31.7 Å². The zero-order chi connectivity index (χ0) is 31.9. The molecule has 8 nitrogen and oxygen atoms in total. The van der Waals surface area contributed by atoms with Crippen molar-refractivity contribution >= 4 is 29.1 Å². The second kappa shape index (κ2) is 14.9. The van der Waals surface area contributed by atoms with Crippen LogP contribution < -0.4 is 15.5 Å². The fourth-order valence-electron chi connectivity index (χ4n) is 6.46. The number of carbonyl (C=O) groups is 2. The molecule has 2 aliphatic rings. The van der Waals surface area contributed by atoms with Gasteiger partial charge in [-0.05, 0) is 65.6 Å². The van der Waals surface area contributed by atoms with E-state index in [2.05, 4.69) is 74.9 Å². The zero-order valence-corrected chi connectivity index (χ0v) is 27.0. The van der Waals surface area contributed by atoms with Crippen molar-refractivity contribution < 1.29 is 9.59 Å². The van der Waals surface area contributed by atoms with Crippen LogP contribution in [0.2, 0.25) is 5.02 Å². The number of hydrogen-bond acceptors (Lipinski definition) is 6. The number of para-hydroxylation sites is 1. The first-order chi connectivity index (χ1) is 22.4. The van der Waals surface area contributed by atoms with E-state index in [0.29, 0.717) is 37.5 Å². The lowest BCUT2D eigenvalue weighted by molar-refractivity contribution is -0.137. The Kier molecular flexibility index (Phi) is 10.3. The van der Waals surface area contributed by atoms with Crippen molar-refractivity contribution in [3.05, 3.63) is 130 Å². The Bertz CT molecular complexity index is 1620. The molecule has 0 radical (unpaired) electrons. The summed E-state index contributed by atoms with van der Waals surface area (Å²) in [6.07, 6.45) is 4.70. The monoisotopic (exact) mass is 636 g/mol. The van der Waals surface area contributed by atoms with Crippen LogP contribution in [0.5, 0.6) is 0 Å². The number of rotatable bonds is 10. The molecule has 2 atom stereocenters. The number of pyridine rings is 1. The topological polar surface area (TPSA) is 80.8 Å². The van der Waals surface area contributed by atoms with E-state index in [4.69, 9.17) is 11.6 Å². The van der Waals surface area contributed by atoms with Gasteiger partial charge in [-0.1, -0.05) is 72.3 Å². The van der Waals surface area contributed by atoms with Crippen molar-refractivity contribution in [2.75, 3.05) is 38.1 Å². The lowest BCUT2D eigenvalue weighted by atomic mass is 9.95. The summed E-state index contributed by atoms with van der Waals surface area (Å²) in [5.74, 6) is -0.201. The second-order valence-electron chi connectivity index (χ2n) is 12.3. The maximum atomic E-state index is 14.0. The summed E-state index contributed by atoms with van der Waals surface area (Å²) in [6, 6.07) is 27.2. The largest absolute Gasteiger partial charge is 0.368 e. The highest BCUT2D eigenvalue weighted by molar-refractivity contribution is 6.30. The Hall–Kier alpha value is -4.24. The van der Waals surface area contributed by atoms with Crippen LogP contribution in [-0.2, 0) is 42.1 Å². The van der Waals surface area contributed by atoms with E-state index < -0.39 is 6.04 Å². The molecule has 3 heterocycles. The van der Waals surface area contributed by atoms with E-state index in [1.54, 1.807) is 6.20 Å². The first kappa shape index (κ1) is 31.7. The predicted molar refractivity (Wildman–Crippen MR) is 183 cm³/mol. The number of piperazine rings is 1. The summed E-state index contributed by atoms with van der Waals surface area (Å²) >= 11 is 6.14. The van der Waals surface area contributed by atoms with Gasteiger partial charge in [0, 0.05) is 75.3 Å². The molecule has 6 rings (SSSR count). The van der Waals surface area contributed by atoms with E-state index in [9.17, 15) is 9.59 Å². The van der Waals surface area contributed by atoms with Crippen LogP contribution in [0.25, 0.3) is 0 Å². The first-order valence-corrected chi connectivity index (χ1v) is 16.3. The van der Waals surface area contributed by atoms with E-state index in [-0.39, 0.29) is 17.9 Å². The van der Waals surface area contributed by atoms with Crippen LogP contribution in [0.1, 0.15) is 27.8 Å². The molecule has 2 amide bonds. The highest BCUT2D eigenvalue weighted by atomic mass is 35.5. The van der Waals surface area contributed by atoms with Crippen LogP contribution in [-0.4, -0.2) is 71.9 Å². The number of nitrogens with zero attached hydrogens (tertiary/aromatic N) is 4. The minimum atomic E-state index is -0.674. The Labute approximate surface area is 276 Å². The molecule has 2 N–H and O–H groups in total. The fourth-order valence-corrected chi connectivity index (χ4v) is 6.59. The molecule has 2 aliphatic heterocycles. The first-order valence-electron chi connectivity index (χ1n) is 16.0. The van der Waals surface area contributed by atoms with E-state index in [1.165, 1.54) is 27.9 Å². The highest BCUT2D eigenvalue weighted by Crippen LogP contribution is 2.24. The third-order valence-electron chi connectivity index (χ3n) is 8.90. The lowest BCUT2D eigenvalue weighted by Gasteiger charge is -2.39. The standard InChI is InChI=1S/C37H41ClN6O2/c1-42(25-28-7-6-16-39-23-28)26-31-10-4-5-11-35(31)43-17-19-44(20-18-43)37(46)34(21-27-12-14-32(38)15-13-27)41-36(45)33-22-29-8-2-3-9-30(29)24-40-33/h2-16,23,33-34,40H,17-22,24-26H2,1H3,(H,41,45)/t33-,34+/m0/s1. The van der Waals surface area contributed by atoms with Crippen LogP contribution in [0.3, 0.4) is 0 Å². The number of hydrogen-bond donors (Lipinski definition) is 2. The van der Waals surface area contributed by atoms with Gasteiger partial charge in [0.05, 0.1) is 6.04 Å². The summed E-state index contributed by atoms with van der Waals surface area (Å²) < 4.78 is 0. The van der Waals surface area contributed by atoms with Gasteiger partial charge in [-0.3, -0.25) is 19.5 Å². The van der Waals surface area contributed by atoms with Gasteiger partial charge in [0.2, 0.25) is 11.8 Å². The fraction of sp³-hybridized carbons (Fsp3) is 0.324. The summed E-state index contributed by atoms with van der Waals surface area (Å²) in [5.41, 5.74) is 6.96. The Morgan fingerprint density at radius 1 is 0.913 bits per heavy atom. The number of fused-ring (bicyclic) bond motifs is 1. The summed E-state index contributed by atoms with van der Waals surface area (Å²) in [5, 5.41) is 7.12. The van der Waals surface area contributed by atoms with E-state index in [1.807, 2.05) is 53.6 Å². The molecular formula is C37H41ClN6O2. The molecule has 9 heteroatoms. The van der Waals surface area contributed by atoms with Crippen molar-refractivity contribution in [3.63, 3.8) is 0 Å². The third kappa shape index (κ3) is 7.94. The van der Waals surface area contributed by atoms with E-state index >= 15 is 0 Å². The third-order valence-corrected chi connectivity index (χ3v) is 9.16. The van der Waals surface area contributed by atoms with Gasteiger partial charge in [-0.2, -0.15) is 0 Å². The van der Waals surface area contributed by atoms with Crippen LogP contribution >= 0.6 is 11.6 Å². The van der Waals surface area contributed by atoms with Crippen LogP contribution in [0.15, 0.2) is 97.3 Å². The van der Waals surface area contributed by atoms with Crippen molar-refractivity contribution in [2.45, 2.75) is 44.6 Å². The minimum absolute atomic E-state index is 0.0522. The SMILES string of the molecule is CN(Cc1cccnc1)Cc1ccccc1N1CCN(C(=O)[C@@H](Cc2ccc(Cl)cc2)NC(=O)[C@@H]2Cc3ccccc3CN2)CC1. The molecule has 238 valence electrons. The maximum absolute atomic E-state index is 14.0. The second-order valence-corrected chi connectivity index (χ2v) is 12.7. The molecule has 1 fully saturated rings. The Morgan fingerprint density at radius 3 is 2.41 bits per heavy atom. The maximum Gasteiger partial charge on any atom is 0.245 e. The molecule has 0 spiro atoms. The number of benzene rings is 3. The number of carbonyl (C=O) groups excluding carboxylic acids is 2. The molecule has 46 heavy (non-hydrogen) atoms. The number of aromatic nitrogens is 1. The van der Waals surface area contributed by atoms with Gasteiger partial charge < -0.3 is 20.4 Å². The molecular weight excluding hydrogens is 596 g/mol. The van der Waals surface area contributed by atoms with Crippen LogP contribution in [0, 0.1) is 0 Å². The predicted octanol–water partition coefficient (Wildman–Crippen LogP) is 4.46. The lowest BCUT2D eigenvalue weighted by Crippen LogP contribution is -2.58. The van der Waals surface area contributed by atoms with Crippen molar-refractivity contribution in [2.24, 2.45) is 0 Å². The number of nitrogens with one attached hydrogen (secondary N) is 2. The number of halogens is 1. The molecule has 0 saturated carbocycles. The number of amides is 2. The molecule has 1 saturated heterocycles. The summed E-state index contributed by atoms with van der Waals surface area (Å²) in [4.78, 5) is 38.4. The van der Waals surface area contributed by atoms with Gasteiger partial charge >= 0.3 is 0 Å². The average molecular weight is 637 g/mol. The minimum Gasteiger partial charge on any atom is -0.368 e. The highest BCUT2D eigenvalue weighted by Gasteiger charge is 2.32. The normalized spacial score (nSPS) is 17.0. The Balaban J connectivity index is 1.11. The van der Waals surface area contributed by atoms with Gasteiger partial charge in [0.25, 0.3) is 0 Å². The van der Waals surface area contributed by atoms with Crippen LogP contribution in [0.4, 0.5) is 5.69 Å². The molecule has 3 aromatic carbocycles. The van der Waals surface area contributed by atoms with Crippen molar-refractivity contribution in [3.8, 4) is 0 Å². The quantitative estimate of drug-likeness (QED) is 0.268. The molecule has 0 bridgehead atoms.